The Morgan fingerprint density at radius 2 is 1.76 bits per heavy atom. The molecule has 0 aliphatic carbocycles. The summed E-state index contributed by atoms with van der Waals surface area (Å²) in [6.45, 7) is 3.18. The molecule has 0 radical (unpaired) electrons. The quantitative estimate of drug-likeness (QED) is 0.827. The van der Waals surface area contributed by atoms with Gasteiger partial charge in [0.2, 0.25) is 5.91 Å². The summed E-state index contributed by atoms with van der Waals surface area (Å²) >= 11 is 0. The Balaban J connectivity index is 2.97. The topological polar surface area (TPSA) is 92.7 Å². The maximum Gasteiger partial charge on any atom is 0.264 e. The summed E-state index contributed by atoms with van der Waals surface area (Å²) in [5.74, 6) is -1.01. The molecule has 0 heterocycles. The van der Waals surface area contributed by atoms with Crippen LogP contribution in [-0.2, 0) is 14.8 Å². The number of benzene rings is 1. The number of hydrogen-bond acceptors (Lipinski definition) is 5. The zero-order valence-corrected chi connectivity index (χ0v) is 10.2. The summed E-state index contributed by atoms with van der Waals surface area (Å²) in [6.07, 6.45) is 0. The lowest BCUT2D eigenvalue weighted by atomic mass is 10.2. The van der Waals surface area contributed by atoms with E-state index in [-0.39, 0.29) is 10.6 Å². The second-order valence-corrected chi connectivity index (χ2v) is 5.39. The van der Waals surface area contributed by atoms with E-state index in [1.165, 1.54) is 24.3 Å². The zero-order valence-electron chi connectivity index (χ0n) is 9.38. The van der Waals surface area contributed by atoms with Gasteiger partial charge in [-0.1, -0.05) is 13.8 Å². The Morgan fingerprint density at radius 1 is 1.24 bits per heavy atom. The number of nitrogens with one attached hydrogen (secondary N) is 1. The van der Waals surface area contributed by atoms with Crippen molar-refractivity contribution in [2.45, 2.75) is 18.7 Å². The molecule has 0 aliphatic heterocycles. The lowest BCUT2D eigenvalue weighted by molar-refractivity contribution is -0.122. The molecule has 0 atom stereocenters. The molecule has 0 fully saturated rings. The molecule has 6 nitrogen and oxygen atoms in total. The first kappa shape index (κ1) is 13.3. The van der Waals surface area contributed by atoms with Gasteiger partial charge in [0, 0.05) is 5.92 Å². The summed E-state index contributed by atoms with van der Waals surface area (Å²) in [7, 11) is -3.87. The highest BCUT2D eigenvalue weighted by molar-refractivity contribution is 7.90. The molecule has 1 aromatic carbocycles. The number of carbonyl (C=O) groups excluding carboxylic acids is 1. The number of amides is 1. The van der Waals surface area contributed by atoms with Crippen molar-refractivity contribution in [2.75, 3.05) is 0 Å². The Hall–Kier alpha value is -1.76. The second-order valence-electron chi connectivity index (χ2n) is 3.71. The van der Waals surface area contributed by atoms with Gasteiger partial charge in [-0.15, -0.1) is 4.91 Å². The largest absolute Gasteiger partial charge is 0.274 e. The van der Waals surface area contributed by atoms with Gasteiger partial charge in [0.1, 0.15) is 5.69 Å². The van der Waals surface area contributed by atoms with Crippen LogP contribution in [0.15, 0.2) is 34.3 Å². The normalized spacial score (nSPS) is 11.2. The summed E-state index contributed by atoms with van der Waals surface area (Å²) in [5.41, 5.74) is 0.124. The van der Waals surface area contributed by atoms with Crippen molar-refractivity contribution < 1.29 is 13.2 Å². The van der Waals surface area contributed by atoms with Gasteiger partial charge in [0.25, 0.3) is 10.0 Å². The molecule has 7 heteroatoms. The average molecular weight is 256 g/mol. The Bertz CT molecular complexity index is 520. The van der Waals surface area contributed by atoms with Gasteiger partial charge in [-0.25, -0.2) is 13.1 Å². The summed E-state index contributed by atoms with van der Waals surface area (Å²) in [5, 5.41) is 2.65. The molecule has 1 N–H and O–H groups in total. The fourth-order valence-corrected chi connectivity index (χ4v) is 2.11. The van der Waals surface area contributed by atoms with Crippen LogP contribution in [0.3, 0.4) is 0 Å². The highest BCUT2D eigenvalue weighted by Crippen LogP contribution is 2.16. The predicted octanol–water partition coefficient (Wildman–Crippen LogP) is 1.55. The maximum atomic E-state index is 11.7. The third kappa shape index (κ3) is 3.35. The van der Waals surface area contributed by atoms with Crippen LogP contribution in [0.4, 0.5) is 5.69 Å². The van der Waals surface area contributed by atoms with Crippen LogP contribution < -0.4 is 4.72 Å². The van der Waals surface area contributed by atoms with Crippen LogP contribution in [-0.4, -0.2) is 14.3 Å². The molecule has 1 rings (SSSR count). The van der Waals surface area contributed by atoms with Gasteiger partial charge >= 0.3 is 0 Å². The summed E-state index contributed by atoms with van der Waals surface area (Å²) in [4.78, 5) is 21.4. The monoisotopic (exact) mass is 256 g/mol. The molecule has 0 saturated heterocycles. The molecule has 1 aromatic rings. The molecule has 0 spiro atoms. The fraction of sp³-hybridized carbons (Fsp3) is 0.300. The van der Waals surface area contributed by atoms with E-state index in [0.29, 0.717) is 0 Å². The van der Waals surface area contributed by atoms with Gasteiger partial charge in [0.05, 0.1) is 4.90 Å². The smallest absolute Gasteiger partial charge is 0.264 e. The fourth-order valence-electron chi connectivity index (χ4n) is 0.995. The second kappa shape index (κ2) is 5.05. The van der Waals surface area contributed by atoms with E-state index in [4.69, 9.17) is 0 Å². The maximum absolute atomic E-state index is 11.7. The van der Waals surface area contributed by atoms with Crippen LogP contribution in [0.2, 0.25) is 0 Å². The van der Waals surface area contributed by atoms with Crippen molar-refractivity contribution in [3.63, 3.8) is 0 Å². The number of carbonyl (C=O) groups is 1. The van der Waals surface area contributed by atoms with Gasteiger partial charge < -0.3 is 0 Å². The molecule has 92 valence electrons. The van der Waals surface area contributed by atoms with Crippen molar-refractivity contribution in [1.82, 2.24) is 4.72 Å². The number of nitroso groups, excluding NO2 is 1. The van der Waals surface area contributed by atoms with Crippen molar-refractivity contribution in [1.29, 1.82) is 0 Å². The number of rotatable bonds is 4. The first-order valence-electron chi connectivity index (χ1n) is 4.87. The SMILES string of the molecule is CC(C)C(=O)NS(=O)(=O)c1ccc(N=O)cc1. The van der Waals surface area contributed by atoms with Crippen LogP contribution in [0.25, 0.3) is 0 Å². The zero-order chi connectivity index (χ0) is 13.1. The number of nitrogens with zero attached hydrogens (tertiary/aromatic N) is 1. The average Bonchev–Trinajstić information content (AvgIpc) is 2.28. The molecular formula is C10H12N2O4S. The van der Waals surface area contributed by atoms with E-state index in [0.717, 1.165) is 0 Å². The molecule has 17 heavy (non-hydrogen) atoms. The van der Waals surface area contributed by atoms with Gasteiger partial charge in [0.15, 0.2) is 0 Å². The van der Waals surface area contributed by atoms with Crippen LogP contribution in [0.5, 0.6) is 0 Å². The molecule has 0 saturated carbocycles. The predicted molar refractivity (Wildman–Crippen MR) is 62.1 cm³/mol. The number of sulfonamides is 1. The Kier molecular flexibility index (Phi) is 3.95. The summed E-state index contributed by atoms with van der Waals surface area (Å²) < 4.78 is 25.3. The third-order valence-electron chi connectivity index (χ3n) is 2.01. The molecule has 0 aromatic heterocycles. The lowest BCUT2D eigenvalue weighted by Gasteiger charge is -2.08. The van der Waals surface area contributed by atoms with Crippen molar-refractivity contribution in [3.05, 3.63) is 29.2 Å². The lowest BCUT2D eigenvalue weighted by Crippen LogP contribution is -2.33. The highest BCUT2D eigenvalue weighted by atomic mass is 32.2. The standard InChI is InChI=1S/C10H12N2O4S/c1-7(2)10(13)12-17(15,16)9-5-3-8(11-14)4-6-9/h3-7H,1-2H3,(H,12,13). The van der Waals surface area contributed by atoms with Crippen molar-refractivity contribution in [3.8, 4) is 0 Å². The van der Waals surface area contributed by atoms with E-state index in [1.54, 1.807) is 13.8 Å². The van der Waals surface area contributed by atoms with E-state index >= 15 is 0 Å². The minimum atomic E-state index is -3.87. The molecule has 1 amide bonds. The van der Waals surface area contributed by atoms with E-state index in [2.05, 4.69) is 5.18 Å². The Morgan fingerprint density at radius 3 is 2.18 bits per heavy atom. The minimum Gasteiger partial charge on any atom is -0.274 e. The molecular weight excluding hydrogens is 244 g/mol. The van der Waals surface area contributed by atoms with Crippen molar-refractivity contribution in [2.24, 2.45) is 11.1 Å². The first-order chi connectivity index (χ1) is 7.86. The van der Waals surface area contributed by atoms with Crippen LogP contribution in [0, 0.1) is 10.8 Å². The number of hydrogen-bond donors (Lipinski definition) is 1. The summed E-state index contributed by atoms with van der Waals surface area (Å²) in [6, 6.07) is 4.96. The van der Waals surface area contributed by atoms with E-state index in [1.807, 2.05) is 4.72 Å². The van der Waals surface area contributed by atoms with E-state index in [9.17, 15) is 18.1 Å². The molecule has 0 unspecified atom stereocenters. The van der Waals surface area contributed by atoms with E-state index < -0.39 is 21.8 Å². The van der Waals surface area contributed by atoms with Gasteiger partial charge in [-0.2, -0.15) is 0 Å². The van der Waals surface area contributed by atoms with Gasteiger partial charge in [-0.05, 0) is 29.4 Å². The third-order valence-corrected chi connectivity index (χ3v) is 3.37. The molecule has 0 bridgehead atoms. The Labute approximate surface area is 99.1 Å². The van der Waals surface area contributed by atoms with Crippen LogP contribution >= 0.6 is 0 Å². The highest BCUT2D eigenvalue weighted by Gasteiger charge is 2.19. The van der Waals surface area contributed by atoms with Crippen LogP contribution in [0.1, 0.15) is 13.8 Å². The van der Waals surface area contributed by atoms with Gasteiger partial charge in [-0.3, -0.25) is 4.79 Å². The van der Waals surface area contributed by atoms with Crippen molar-refractivity contribution >= 4 is 21.6 Å². The minimum absolute atomic E-state index is 0.0844. The first-order valence-corrected chi connectivity index (χ1v) is 6.35. The molecule has 0 aliphatic rings.